The predicted octanol–water partition coefficient (Wildman–Crippen LogP) is 4.34. The lowest BCUT2D eigenvalue weighted by atomic mass is 10.0. The molecule has 3 nitrogen and oxygen atoms in total. The molecule has 0 aliphatic heterocycles. The molecule has 0 aliphatic rings. The number of benzene rings is 2. The number of hydrogen-bond acceptors (Lipinski definition) is 4. The van der Waals surface area contributed by atoms with E-state index in [2.05, 4.69) is 45.5 Å². The minimum Gasteiger partial charge on any atom is -0.253 e. The van der Waals surface area contributed by atoms with Crippen LogP contribution >= 0.6 is 11.3 Å². The third kappa shape index (κ3) is 2.38. The van der Waals surface area contributed by atoms with E-state index in [0.717, 1.165) is 34.1 Å². The van der Waals surface area contributed by atoms with Crippen molar-refractivity contribution in [3.63, 3.8) is 0 Å². The molecule has 0 unspecified atom stereocenters. The van der Waals surface area contributed by atoms with Crippen molar-refractivity contribution in [2.45, 2.75) is 6.42 Å². The fourth-order valence-electron chi connectivity index (χ4n) is 2.59. The highest BCUT2D eigenvalue weighted by molar-refractivity contribution is 7.09. The van der Waals surface area contributed by atoms with Crippen molar-refractivity contribution in [3.05, 3.63) is 76.9 Å². The molecule has 106 valence electrons. The van der Waals surface area contributed by atoms with Crippen LogP contribution in [0.15, 0.2) is 66.3 Å². The molecule has 0 fully saturated rings. The summed E-state index contributed by atoms with van der Waals surface area (Å²) in [6.45, 7) is 0. The maximum absolute atomic E-state index is 4.49. The number of rotatable bonds is 3. The number of nitrogens with zero attached hydrogens (tertiary/aromatic N) is 3. The molecule has 0 spiro atoms. The first-order valence-electron chi connectivity index (χ1n) is 7.09. The molecule has 0 saturated carbocycles. The van der Waals surface area contributed by atoms with Crippen LogP contribution in [0.5, 0.6) is 0 Å². The predicted molar refractivity (Wildman–Crippen MR) is 89.9 cm³/mol. The molecule has 0 atom stereocenters. The van der Waals surface area contributed by atoms with Crippen LogP contribution in [0.1, 0.15) is 10.6 Å². The van der Waals surface area contributed by atoms with Crippen molar-refractivity contribution in [2.75, 3.05) is 0 Å². The molecule has 2 aromatic heterocycles. The van der Waals surface area contributed by atoms with Gasteiger partial charge in [0.2, 0.25) is 0 Å². The molecular weight excluding hydrogens is 290 g/mol. The maximum Gasteiger partial charge on any atom is 0.101 e. The van der Waals surface area contributed by atoms with E-state index in [1.807, 2.05) is 36.0 Å². The van der Waals surface area contributed by atoms with E-state index >= 15 is 0 Å². The second-order valence-corrected chi connectivity index (χ2v) is 6.02. The number of hydrogen-bond donors (Lipinski definition) is 0. The first kappa shape index (κ1) is 13.1. The van der Waals surface area contributed by atoms with Crippen LogP contribution in [0.25, 0.3) is 22.0 Å². The summed E-state index contributed by atoms with van der Waals surface area (Å²) in [6.07, 6.45) is 2.67. The van der Waals surface area contributed by atoms with E-state index in [1.165, 1.54) is 4.88 Å². The zero-order valence-electron chi connectivity index (χ0n) is 11.8. The van der Waals surface area contributed by atoms with Gasteiger partial charge in [-0.05, 0) is 0 Å². The molecule has 0 amide bonds. The minimum absolute atomic E-state index is 0.771. The summed E-state index contributed by atoms with van der Waals surface area (Å²) in [5, 5.41) is 11.3. The van der Waals surface area contributed by atoms with Crippen LogP contribution < -0.4 is 0 Å². The molecule has 4 aromatic rings. The van der Waals surface area contributed by atoms with Crippen LogP contribution in [0.3, 0.4) is 0 Å². The fourth-order valence-corrected chi connectivity index (χ4v) is 3.19. The first-order chi connectivity index (χ1) is 10.9. The van der Waals surface area contributed by atoms with E-state index in [9.17, 15) is 0 Å². The highest BCUT2D eigenvalue weighted by Crippen LogP contribution is 2.28. The van der Waals surface area contributed by atoms with Crippen molar-refractivity contribution in [2.24, 2.45) is 0 Å². The Morgan fingerprint density at radius 1 is 0.818 bits per heavy atom. The molecule has 0 N–H and O–H groups in total. The molecule has 4 heteroatoms. The molecule has 0 saturated heterocycles. The lowest BCUT2D eigenvalue weighted by molar-refractivity contribution is 0.969. The topological polar surface area (TPSA) is 38.7 Å². The number of thiazole rings is 1. The summed E-state index contributed by atoms with van der Waals surface area (Å²) in [7, 11) is 0. The van der Waals surface area contributed by atoms with Crippen molar-refractivity contribution in [1.29, 1.82) is 0 Å². The van der Waals surface area contributed by atoms with E-state index in [0.29, 0.717) is 0 Å². The van der Waals surface area contributed by atoms with Gasteiger partial charge in [0, 0.05) is 33.8 Å². The number of aromatic nitrogens is 3. The van der Waals surface area contributed by atoms with Gasteiger partial charge in [-0.3, -0.25) is 4.98 Å². The second-order valence-electron chi connectivity index (χ2n) is 5.05. The van der Waals surface area contributed by atoms with Gasteiger partial charge in [-0.1, -0.05) is 54.6 Å². The zero-order chi connectivity index (χ0) is 14.8. The molecular formula is C18H13N3S. The second kappa shape index (κ2) is 5.66. The normalized spacial score (nSPS) is 10.9. The minimum atomic E-state index is 0.771. The van der Waals surface area contributed by atoms with Crippen LogP contribution in [0.2, 0.25) is 0 Å². The van der Waals surface area contributed by atoms with E-state index in [1.54, 1.807) is 11.3 Å². The van der Waals surface area contributed by atoms with Gasteiger partial charge in [0.05, 0.1) is 11.2 Å². The van der Waals surface area contributed by atoms with Gasteiger partial charge in [0.1, 0.15) is 5.69 Å². The Labute approximate surface area is 132 Å². The summed E-state index contributed by atoms with van der Waals surface area (Å²) >= 11 is 1.65. The van der Waals surface area contributed by atoms with Gasteiger partial charge in [-0.2, -0.15) is 5.10 Å². The molecule has 2 aromatic carbocycles. The first-order valence-corrected chi connectivity index (χ1v) is 7.97. The third-order valence-electron chi connectivity index (χ3n) is 3.64. The Balaban J connectivity index is 1.88. The van der Waals surface area contributed by atoms with Crippen molar-refractivity contribution >= 4 is 22.1 Å². The summed E-state index contributed by atoms with van der Waals surface area (Å²) in [6, 6.07) is 18.5. The van der Waals surface area contributed by atoms with Crippen LogP contribution in [0, 0.1) is 0 Å². The summed E-state index contributed by atoms with van der Waals surface area (Å²) in [5.41, 5.74) is 4.88. The van der Waals surface area contributed by atoms with Crippen molar-refractivity contribution in [3.8, 4) is 11.3 Å². The number of fused-ring (bicyclic) bond motifs is 1. The maximum atomic E-state index is 4.49. The SMILES string of the molecule is c1ccc(-c2nnc(Cc3cncs3)c3ccccc23)cc1. The Hall–Kier alpha value is -2.59. The smallest absolute Gasteiger partial charge is 0.101 e. The Morgan fingerprint density at radius 3 is 2.36 bits per heavy atom. The summed E-state index contributed by atoms with van der Waals surface area (Å²) < 4.78 is 0. The Kier molecular flexibility index (Phi) is 3.37. The van der Waals surface area contributed by atoms with Gasteiger partial charge < -0.3 is 0 Å². The van der Waals surface area contributed by atoms with E-state index in [4.69, 9.17) is 0 Å². The van der Waals surface area contributed by atoms with E-state index < -0.39 is 0 Å². The van der Waals surface area contributed by atoms with Gasteiger partial charge in [0.15, 0.2) is 0 Å². The van der Waals surface area contributed by atoms with Crippen molar-refractivity contribution < 1.29 is 0 Å². The van der Waals surface area contributed by atoms with Gasteiger partial charge in [-0.25, -0.2) is 0 Å². The van der Waals surface area contributed by atoms with Gasteiger partial charge in [0.25, 0.3) is 0 Å². The van der Waals surface area contributed by atoms with Gasteiger partial charge in [-0.15, -0.1) is 16.4 Å². The summed E-state index contributed by atoms with van der Waals surface area (Å²) in [4.78, 5) is 5.33. The average molecular weight is 303 g/mol. The molecule has 2 heterocycles. The molecule has 0 aliphatic carbocycles. The van der Waals surface area contributed by atoms with Crippen LogP contribution in [0.4, 0.5) is 0 Å². The Morgan fingerprint density at radius 2 is 1.59 bits per heavy atom. The summed E-state index contributed by atoms with van der Waals surface area (Å²) in [5.74, 6) is 0. The lowest BCUT2D eigenvalue weighted by Crippen LogP contribution is -1.98. The molecule has 0 radical (unpaired) electrons. The molecule has 22 heavy (non-hydrogen) atoms. The monoisotopic (exact) mass is 303 g/mol. The highest BCUT2D eigenvalue weighted by Gasteiger charge is 2.11. The Bertz CT molecular complexity index is 902. The molecule has 4 rings (SSSR count). The van der Waals surface area contributed by atoms with Crippen LogP contribution in [-0.2, 0) is 6.42 Å². The average Bonchev–Trinajstić information content (AvgIpc) is 3.09. The quantitative estimate of drug-likeness (QED) is 0.565. The lowest BCUT2D eigenvalue weighted by Gasteiger charge is -2.08. The largest absolute Gasteiger partial charge is 0.253 e. The van der Waals surface area contributed by atoms with Gasteiger partial charge >= 0.3 is 0 Å². The molecule has 0 bridgehead atoms. The fraction of sp³-hybridized carbons (Fsp3) is 0.0556. The highest BCUT2D eigenvalue weighted by atomic mass is 32.1. The van der Waals surface area contributed by atoms with E-state index in [-0.39, 0.29) is 0 Å². The van der Waals surface area contributed by atoms with Crippen LogP contribution in [-0.4, -0.2) is 15.2 Å². The zero-order valence-corrected chi connectivity index (χ0v) is 12.6. The third-order valence-corrected chi connectivity index (χ3v) is 4.42. The standard InChI is InChI=1S/C18H13N3S/c1-2-6-13(7-3-1)18-16-9-5-4-8-15(16)17(20-21-18)10-14-11-19-12-22-14/h1-9,11-12H,10H2. The van der Waals surface area contributed by atoms with Crippen molar-refractivity contribution in [1.82, 2.24) is 15.2 Å².